The van der Waals surface area contributed by atoms with E-state index in [0.29, 0.717) is 54.4 Å². The number of nitrogens with zero attached hydrogens (tertiary/aromatic N) is 9. The maximum absolute atomic E-state index is 13.5. The molecule has 9 heterocycles. The van der Waals surface area contributed by atoms with Crippen LogP contribution in [0.2, 0.25) is 17.5 Å². The Balaban J connectivity index is 0.000000166. The number of anilines is 3. The largest absolute Gasteiger partial charge is 0.536 e. The van der Waals surface area contributed by atoms with Crippen molar-refractivity contribution in [1.82, 2.24) is 60.3 Å². The second-order valence-corrected chi connectivity index (χ2v) is 30.1. The number of para-hydroxylation sites is 3. The molecule has 13 rings (SSSR count). The number of alkyl halides is 1. The molecule has 40 heteroatoms. The highest BCUT2D eigenvalue weighted by Crippen LogP contribution is 2.41. The van der Waals surface area contributed by atoms with Crippen molar-refractivity contribution in [3.8, 4) is 17.2 Å². The number of carbonyl (C=O) groups is 12. The summed E-state index contributed by atoms with van der Waals surface area (Å²) in [6, 6.07) is 19.7. The van der Waals surface area contributed by atoms with Gasteiger partial charge in [0.2, 0.25) is 0 Å². The average molecular weight is 1590 g/mol. The molecule has 4 aromatic carbocycles. The zero-order valence-corrected chi connectivity index (χ0v) is 63.8. The number of Topliss-reactive ketones (excluding diaryl/α,β-unsaturated/α-hetero) is 3. The molecule has 12 N–H and O–H groups in total. The molecule has 0 aliphatic carbocycles. The Morgan fingerprint density at radius 1 is 0.473 bits per heavy atom. The third kappa shape index (κ3) is 19.0. The fraction of sp³-hybridized carbons (Fsp3) is 0.375. The lowest BCUT2D eigenvalue weighted by Crippen LogP contribution is -2.59. The fourth-order valence-corrected chi connectivity index (χ4v) is 15.6. The maximum Gasteiger partial charge on any atom is 0.526 e. The molecule has 6 atom stereocenters. The van der Waals surface area contributed by atoms with Gasteiger partial charge in [0.1, 0.15) is 42.0 Å². The van der Waals surface area contributed by atoms with Crippen molar-refractivity contribution in [2.75, 3.05) is 76.2 Å². The van der Waals surface area contributed by atoms with Crippen molar-refractivity contribution in [1.29, 1.82) is 0 Å². The van der Waals surface area contributed by atoms with Gasteiger partial charge in [-0.05, 0) is 85.4 Å². The number of aromatic nitrogens is 3. The first-order chi connectivity index (χ1) is 53.6. The Morgan fingerprint density at radius 2 is 0.795 bits per heavy atom. The number of nitrogens with two attached hydrogens (primary N) is 3. The summed E-state index contributed by atoms with van der Waals surface area (Å²) in [4.78, 5) is 173. The van der Waals surface area contributed by atoms with Gasteiger partial charge in [-0.25, -0.2) is 33.7 Å². The van der Waals surface area contributed by atoms with Crippen LogP contribution < -0.4 is 47.1 Å². The molecular formula is C72H81B3FN15O18S3. The second kappa shape index (κ2) is 36.3. The average Bonchev–Trinajstić information content (AvgIpc) is 1.06. The van der Waals surface area contributed by atoms with E-state index < -0.39 is 134 Å². The van der Waals surface area contributed by atoms with Crippen LogP contribution in [0.5, 0.6) is 17.2 Å². The van der Waals surface area contributed by atoms with Crippen LogP contribution >= 0.6 is 34.0 Å². The van der Waals surface area contributed by atoms with Gasteiger partial charge in [-0.2, -0.15) is 0 Å². The molecule has 3 aromatic heterocycles. The van der Waals surface area contributed by atoms with E-state index in [-0.39, 0.29) is 104 Å². The molecule has 6 aliphatic heterocycles. The molecule has 33 nitrogen and oxygen atoms in total. The molecule has 12 amide bonds. The van der Waals surface area contributed by atoms with Crippen molar-refractivity contribution < 1.29 is 91.0 Å². The number of hydrogen-bond donors (Lipinski definition) is 9. The predicted octanol–water partition coefficient (Wildman–Crippen LogP) is 4.28. The number of ketones is 3. The number of urea groups is 3. The van der Waals surface area contributed by atoms with Gasteiger partial charge in [0.05, 0.1) is 17.1 Å². The standard InChI is InChI=1S/C27H28BN5O6S.C23H28BN5O6S.C22H25BFN5O6S/c1-16-6-5-9-18-12-19(28(38)39-23(16)18)13-21(34)22(20-15-40-26(29)30-20)31-27(37)33-11-10-32(24(35)25(33)36)14-17-7-3-2-4-8-17;1-3-7-28-8-9-29(21(32)20(28)31)23(33)27-18(16-12-36-22(25)26-16)17(30)11-15-10-14-6-4-5-13(2)19(14)35-24(15)34;1-12-3-2-4-13-9-14(23(34)35-18(12)13)10-16(30)17(15-11-36-21(25)26-15)27-22(33)29-8-7-28(6-5-24)19(31)20(29)32/h2-9,15,19,22,38H,10-14H2,1H3,(H2,29,30)(H,31,37);4-6,12,15,18,34H,3,7-11H2,1-2H3,(H2,25,26)(H,27,33);2-4,11,14,17,34H,5-10H2,1H3,(H2,25,26)(H,27,33)/t19-,22?;15-,18-;14-,17?/m111/s1. The van der Waals surface area contributed by atoms with Gasteiger partial charge < -0.3 is 76.9 Å². The van der Waals surface area contributed by atoms with E-state index in [4.69, 9.17) is 31.2 Å². The van der Waals surface area contributed by atoms with Crippen LogP contribution in [0.1, 0.15) is 107 Å². The summed E-state index contributed by atoms with van der Waals surface area (Å²) in [5.41, 5.74) is 24.0. The van der Waals surface area contributed by atoms with Gasteiger partial charge in [-0.3, -0.25) is 57.9 Å². The smallest absolute Gasteiger partial charge is 0.526 e. The zero-order chi connectivity index (χ0) is 80.4. The Kier molecular flexibility index (Phi) is 26.5. The number of rotatable bonds is 21. The molecule has 3 saturated heterocycles. The van der Waals surface area contributed by atoms with E-state index in [9.17, 15) is 77.0 Å². The van der Waals surface area contributed by atoms with Gasteiger partial charge in [-0.15, -0.1) is 34.0 Å². The van der Waals surface area contributed by atoms with Crippen LogP contribution in [-0.2, 0) is 69.0 Å². The predicted molar refractivity (Wildman–Crippen MR) is 410 cm³/mol. The highest BCUT2D eigenvalue weighted by Gasteiger charge is 2.46. The van der Waals surface area contributed by atoms with Gasteiger partial charge in [0, 0.05) is 112 Å². The normalized spacial score (nSPS) is 18.2. The van der Waals surface area contributed by atoms with E-state index in [2.05, 4.69) is 30.9 Å². The highest BCUT2D eigenvalue weighted by molar-refractivity contribution is 7.14. The van der Waals surface area contributed by atoms with E-state index in [1.165, 1.54) is 15.2 Å². The van der Waals surface area contributed by atoms with Crippen LogP contribution in [0.15, 0.2) is 101 Å². The van der Waals surface area contributed by atoms with Crippen LogP contribution in [0, 0.1) is 20.8 Å². The third-order valence-corrected chi connectivity index (χ3v) is 21.7. The minimum absolute atomic E-state index is 0.0157. The molecule has 3 fully saturated rings. The Morgan fingerprint density at radius 3 is 1.11 bits per heavy atom. The van der Waals surface area contributed by atoms with Crippen LogP contribution in [-0.4, -0.2) is 211 Å². The summed E-state index contributed by atoms with van der Waals surface area (Å²) >= 11 is 3.28. The van der Waals surface area contributed by atoms with E-state index in [0.717, 1.165) is 87.7 Å². The number of halogens is 1. The molecule has 0 radical (unpaired) electrons. The first kappa shape index (κ1) is 81.8. The monoisotopic (exact) mass is 1590 g/mol. The van der Waals surface area contributed by atoms with E-state index in [1.54, 1.807) is 10.8 Å². The summed E-state index contributed by atoms with van der Waals surface area (Å²) in [5, 5.41) is 44.6. The number of thiazole rings is 3. The number of nitrogens with one attached hydrogen (secondary N) is 3. The summed E-state index contributed by atoms with van der Waals surface area (Å²) < 4.78 is 29.7. The summed E-state index contributed by atoms with van der Waals surface area (Å²) in [6.07, 6.45) is 1.48. The molecule has 586 valence electrons. The summed E-state index contributed by atoms with van der Waals surface area (Å²) in [7, 11) is -3.65. The topological polar surface area (TPSA) is 465 Å². The molecule has 112 heavy (non-hydrogen) atoms. The SMILES string of the molecule is CCCN1CCN(C(=O)N[C@@H](C(=O)C[C@H]2Cc3cccc(C)c3OB2O)c2csc(N)n2)C(=O)C1=O.Cc1cccc2c1OB(O)[C@@H](CC(=O)C(NC(=O)N1CCN(CCF)C(=O)C1=O)c1csc(N)n1)C2.Cc1cccc2c1OB(O)[C@@H](CC(=O)C(NC(=O)N1CCN(Cc3ccccc3)C(=O)C1=O)c1csc(N)n1)C2. The summed E-state index contributed by atoms with van der Waals surface area (Å²) in [6.45, 7) is 7.31. The maximum atomic E-state index is 13.5. The number of piperazine rings is 3. The lowest BCUT2D eigenvalue weighted by atomic mass is 9.64. The van der Waals surface area contributed by atoms with E-state index in [1.807, 2.05) is 113 Å². The second-order valence-electron chi connectivity index (χ2n) is 27.5. The first-order valence-corrected chi connectivity index (χ1v) is 38.6. The number of imide groups is 3. The van der Waals surface area contributed by atoms with Crippen molar-refractivity contribution in [2.45, 2.75) is 115 Å². The van der Waals surface area contributed by atoms with Crippen LogP contribution in [0.3, 0.4) is 0 Å². The summed E-state index contributed by atoms with van der Waals surface area (Å²) in [5.74, 6) is -6.85. The molecule has 0 bridgehead atoms. The van der Waals surface area contributed by atoms with Gasteiger partial charge in [0.15, 0.2) is 32.7 Å². The van der Waals surface area contributed by atoms with Crippen molar-refractivity contribution in [3.05, 3.63) is 157 Å². The third-order valence-electron chi connectivity index (χ3n) is 19.6. The molecular weight excluding hydrogens is 1510 g/mol. The number of hydrogen-bond acceptors (Lipinski definition) is 27. The Bertz CT molecular complexity index is 4570. The Labute approximate surface area is 654 Å². The van der Waals surface area contributed by atoms with Crippen LogP contribution in [0.25, 0.3) is 0 Å². The molecule has 2 unspecified atom stereocenters. The minimum Gasteiger partial charge on any atom is -0.536 e. The van der Waals surface area contributed by atoms with Gasteiger partial charge >= 0.3 is 74.9 Å². The van der Waals surface area contributed by atoms with Crippen molar-refractivity contribution >= 4 is 142 Å². The number of nitrogen functional groups attached to an aromatic ring is 3. The lowest BCUT2D eigenvalue weighted by molar-refractivity contribution is -0.154. The highest BCUT2D eigenvalue weighted by atomic mass is 32.1. The number of benzene rings is 4. The number of amides is 12. The zero-order valence-electron chi connectivity index (χ0n) is 61.4. The molecule has 0 saturated carbocycles. The number of fused-ring (bicyclic) bond motifs is 3. The number of aryl methyl sites for hydroxylation is 3. The van der Waals surface area contributed by atoms with Crippen molar-refractivity contribution in [2.24, 2.45) is 0 Å². The van der Waals surface area contributed by atoms with Gasteiger partial charge in [-0.1, -0.05) is 91.9 Å². The lowest BCUT2D eigenvalue weighted by Gasteiger charge is -2.33. The van der Waals surface area contributed by atoms with E-state index >= 15 is 0 Å². The fourth-order valence-electron chi connectivity index (χ4n) is 13.8. The minimum atomic E-state index is -1.27. The number of carbonyl (C=O) groups excluding carboxylic acids is 12. The first-order valence-electron chi connectivity index (χ1n) is 35.9. The Hall–Kier alpha value is -11.2. The molecule has 0 spiro atoms. The molecule has 7 aromatic rings. The van der Waals surface area contributed by atoms with Crippen molar-refractivity contribution in [3.63, 3.8) is 0 Å². The quantitative estimate of drug-likeness (QED) is 0.0358. The van der Waals surface area contributed by atoms with Crippen LogP contribution in [0.4, 0.5) is 34.2 Å². The molecule has 6 aliphatic rings. The van der Waals surface area contributed by atoms with Gasteiger partial charge in [0.25, 0.3) is 0 Å².